The molecule has 4 heteroatoms. The molecule has 0 saturated carbocycles. The summed E-state index contributed by atoms with van der Waals surface area (Å²) in [6.07, 6.45) is 3.68. The summed E-state index contributed by atoms with van der Waals surface area (Å²) in [5.41, 5.74) is 6.20. The fourth-order valence-corrected chi connectivity index (χ4v) is 1.05. The third-order valence-electron chi connectivity index (χ3n) is 1.48. The highest BCUT2D eigenvalue weighted by Gasteiger charge is 2.00. The van der Waals surface area contributed by atoms with Crippen molar-refractivity contribution >= 4 is 17.7 Å². The molecule has 0 aliphatic rings. The van der Waals surface area contributed by atoms with Crippen molar-refractivity contribution in [3.63, 3.8) is 0 Å². The zero-order valence-electron chi connectivity index (χ0n) is 7.33. The van der Waals surface area contributed by atoms with E-state index < -0.39 is 0 Å². The van der Waals surface area contributed by atoms with E-state index in [4.69, 9.17) is 22.1 Å². The Balaban J connectivity index is 2.99. The molecule has 0 aromatic carbocycles. The van der Waals surface area contributed by atoms with Crippen molar-refractivity contribution in [1.29, 1.82) is 0 Å². The molecule has 0 amide bonds. The second-order valence-electron chi connectivity index (χ2n) is 2.37. The summed E-state index contributed by atoms with van der Waals surface area (Å²) >= 11 is 5.69. The minimum Gasteiger partial charge on any atom is -0.481 e. The van der Waals surface area contributed by atoms with E-state index in [1.165, 1.54) is 0 Å². The Morgan fingerprint density at radius 3 is 3.00 bits per heavy atom. The first kappa shape index (κ1) is 10.0. The predicted molar refractivity (Wildman–Crippen MR) is 53.9 cm³/mol. The number of ether oxygens (including phenoxy) is 1. The van der Waals surface area contributed by atoms with Crippen LogP contribution >= 0.6 is 11.6 Å². The molecule has 1 aromatic rings. The van der Waals surface area contributed by atoms with E-state index in [2.05, 4.69) is 4.98 Å². The molecule has 70 valence electrons. The lowest BCUT2D eigenvalue weighted by atomic mass is 10.2. The monoisotopic (exact) mass is 198 g/mol. The van der Waals surface area contributed by atoms with Crippen LogP contribution in [-0.2, 0) is 0 Å². The molecule has 0 radical (unpaired) electrons. The fourth-order valence-electron chi connectivity index (χ4n) is 0.914. The standard InChI is InChI=1S/C9H11ClN2O/c1-13-9-7(3-2-6-11)4-5-8(10)12-9/h2-5H,6,11H2,1H3/b3-2+. The van der Waals surface area contributed by atoms with Crippen molar-refractivity contribution in [2.24, 2.45) is 5.73 Å². The van der Waals surface area contributed by atoms with Crippen LogP contribution in [0, 0.1) is 0 Å². The summed E-state index contributed by atoms with van der Waals surface area (Å²) < 4.78 is 5.04. The van der Waals surface area contributed by atoms with Crippen LogP contribution in [0.2, 0.25) is 5.15 Å². The van der Waals surface area contributed by atoms with Gasteiger partial charge in [-0.2, -0.15) is 0 Å². The van der Waals surface area contributed by atoms with Crippen LogP contribution in [0.3, 0.4) is 0 Å². The minimum absolute atomic E-state index is 0.418. The predicted octanol–water partition coefficient (Wildman–Crippen LogP) is 1.72. The number of nitrogens with zero attached hydrogens (tertiary/aromatic N) is 1. The molecule has 1 aromatic heterocycles. The van der Waals surface area contributed by atoms with Crippen LogP contribution in [-0.4, -0.2) is 18.6 Å². The summed E-state index contributed by atoms with van der Waals surface area (Å²) in [7, 11) is 1.55. The molecule has 0 bridgehead atoms. The Morgan fingerprint density at radius 2 is 2.38 bits per heavy atom. The molecule has 0 unspecified atom stereocenters. The average molecular weight is 199 g/mol. The first-order chi connectivity index (χ1) is 6.27. The Bertz CT molecular complexity index is 312. The zero-order valence-corrected chi connectivity index (χ0v) is 8.08. The number of halogens is 1. The number of rotatable bonds is 3. The molecule has 0 aliphatic carbocycles. The molecule has 0 spiro atoms. The number of aromatic nitrogens is 1. The second kappa shape index (κ2) is 4.84. The van der Waals surface area contributed by atoms with Crippen molar-refractivity contribution in [3.05, 3.63) is 28.9 Å². The van der Waals surface area contributed by atoms with Gasteiger partial charge in [-0.05, 0) is 12.1 Å². The molecule has 0 aliphatic heterocycles. The topological polar surface area (TPSA) is 48.1 Å². The fraction of sp³-hybridized carbons (Fsp3) is 0.222. The first-order valence-corrected chi connectivity index (χ1v) is 4.23. The van der Waals surface area contributed by atoms with Gasteiger partial charge < -0.3 is 10.5 Å². The van der Waals surface area contributed by atoms with Crippen molar-refractivity contribution in [2.75, 3.05) is 13.7 Å². The zero-order chi connectivity index (χ0) is 9.68. The highest BCUT2D eigenvalue weighted by Crippen LogP contribution is 2.19. The maximum Gasteiger partial charge on any atom is 0.221 e. The number of methoxy groups -OCH3 is 1. The van der Waals surface area contributed by atoms with E-state index in [1.54, 1.807) is 13.2 Å². The van der Waals surface area contributed by atoms with Crippen molar-refractivity contribution in [3.8, 4) is 5.88 Å². The lowest BCUT2D eigenvalue weighted by Gasteiger charge is -2.02. The number of hydrogen-bond acceptors (Lipinski definition) is 3. The summed E-state index contributed by atoms with van der Waals surface area (Å²) in [5.74, 6) is 0.511. The van der Waals surface area contributed by atoms with E-state index in [1.807, 2.05) is 18.2 Å². The van der Waals surface area contributed by atoms with E-state index in [-0.39, 0.29) is 0 Å². The van der Waals surface area contributed by atoms with Gasteiger partial charge in [0.15, 0.2) is 0 Å². The summed E-state index contributed by atoms with van der Waals surface area (Å²) in [6.45, 7) is 0.492. The summed E-state index contributed by atoms with van der Waals surface area (Å²) in [5, 5.41) is 0.418. The summed E-state index contributed by atoms with van der Waals surface area (Å²) in [4.78, 5) is 4.00. The van der Waals surface area contributed by atoms with Crippen LogP contribution in [0.25, 0.3) is 6.08 Å². The van der Waals surface area contributed by atoms with Gasteiger partial charge in [-0.25, -0.2) is 4.98 Å². The molecule has 0 atom stereocenters. The largest absolute Gasteiger partial charge is 0.481 e. The lowest BCUT2D eigenvalue weighted by Crippen LogP contribution is -1.94. The van der Waals surface area contributed by atoms with Gasteiger partial charge in [0.05, 0.1) is 7.11 Å². The quantitative estimate of drug-likeness (QED) is 0.753. The minimum atomic E-state index is 0.418. The van der Waals surface area contributed by atoms with E-state index in [0.717, 1.165) is 5.56 Å². The van der Waals surface area contributed by atoms with Gasteiger partial charge in [-0.3, -0.25) is 0 Å². The van der Waals surface area contributed by atoms with Gasteiger partial charge in [-0.1, -0.05) is 23.8 Å². The Morgan fingerprint density at radius 1 is 1.62 bits per heavy atom. The molecule has 0 saturated heterocycles. The first-order valence-electron chi connectivity index (χ1n) is 3.85. The van der Waals surface area contributed by atoms with Crippen LogP contribution in [0.1, 0.15) is 5.56 Å². The van der Waals surface area contributed by atoms with Crippen LogP contribution in [0.5, 0.6) is 5.88 Å². The lowest BCUT2D eigenvalue weighted by molar-refractivity contribution is 0.397. The normalized spacial score (nSPS) is 10.7. The molecule has 1 heterocycles. The molecular weight excluding hydrogens is 188 g/mol. The molecule has 2 N–H and O–H groups in total. The van der Waals surface area contributed by atoms with Gasteiger partial charge in [0.25, 0.3) is 0 Å². The number of hydrogen-bond donors (Lipinski definition) is 1. The van der Waals surface area contributed by atoms with Crippen LogP contribution in [0.4, 0.5) is 0 Å². The number of nitrogens with two attached hydrogens (primary N) is 1. The summed E-state index contributed by atoms with van der Waals surface area (Å²) in [6, 6.07) is 3.54. The van der Waals surface area contributed by atoms with Crippen molar-refractivity contribution in [1.82, 2.24) is 4.98 Å². The van der Waals surface area contributed by atoms with Gasteiger partial charge >= 0.3 is 0 Å². The SMILES string of the molecule is COc1nc(Cl)ccc1/C=C/CN. The Labute approximate surface area is 82.2 Å². The van der Waals surface area contributed by atoms with Gasteiger partial charge in [-0.15, -0.1) is 0 Å². The molecule has 3 nitrogen and oxygen atoms in total. The maximum absolute atomic E-state index is 5.69. The van der Waals surface area contributed by atoms with E-state index in [9.17, 15) is 0 Å². The number of pyridine rings is 1. The van der Waals surface area contributed by atoms with Crippen LogP contribution in [0.15, 0.2) is 18.2 Å². The molecule has 13 heavy (non-hydrogen) atoms. The second-order valence-corrected chi connectivity index (χ2v) is 2.76. The third kappa shape index (κ3) is 2.72. The highest BCUT2D eigenvalue weighted by molar-refractivity contribution is 6.29. The smallest absolute Gasteiger partial charge is 0.221 e. The van der Waals surface area contributed by atoms with E-state index >= 15 is 0 Å². The van der Waals surface area contributed by atoms with Gasteiger partial charge in [0.1, 0.15) is 5.15 Å². The van der Waals surface area contributed by atoms with Gasteiger partial charge in [0, 0.05) is 12.1 Å². The Hall–Kier alpha value is -1.06. The van der Waals surface area contributed by atoms with Crippen molar-refractivity contribution in [2.45, 2.75) is 0 Å². The van der Waals surface area contributed by atoms with E-state index in [0.29, 0.717) is 17.6 Å². The maximum atomic E-state index is 5.69. The molecule has 0 fully saturated rings. The van der Waals surface area contributed by atoms with Crippen LogP contribution < -0.4 is 10.5 Å². The average Bonchev–Trinajstić information content (AvgIpc) is 2.16. The molecule has 1 rings (SSSR count). The van der Waals surface area contributed by atoms with Crippen molar-refractivity contribution < 1.29 is 4.74 Å². The van der Waals surface area contributed by atoms with Gasteiger partial charge in [0.2, 0.25) is 5.88 Å². The molecular formula is C9H11ClN2O. The highest BCUT2D eigenvalue weighted by atomic mass is 35.5. The Kier molecular flexibility index (Phi) is 3.73. The third-order valence-corrected chi connectivity index (χ3v) is 1.69.